The van der Waals surface area contributed by atoms with Gasteiger partial charge in [0.2, 0.25) is 11.8 Å². The van der Waals surface area contributed by atoms with Crippen molar-refractivity contribution in [2.45, 2.75) is 71.4 Å². The van der Waals surface area contributed by atoms with Crippen molar-refractivity contribution in [3.8, 4) is 0 Å². The van der Waals surface area contributed by atoms with Crippen LogP contribution < -0.4 is 16.0 Å². The van der Waals surface area contributed by atoms with Crippen molar-refractivity contribution in [1.82, 2.24) is 16.0 Å². The van der Waals surface area contributed by atoms with Crippen LogP contribution in [0, 0.1) is 5.92 Å². The Balaban J connectivity index is 2.12. The third-order valence-electron chi connectivity index (χ3n) is 3.85. The lowest BCUT2D eigenvalue weighted by Crippen LogP contribution is -2.47. The highest BCUT2D eigenvalue weighted by Crippen LogP contribution is 2.17. The molecule has 0 bridgehead atoms. The lowest BCUT2D eigenvalue weighted by Gasteiger charge is -2.24. The van der Waals surface area contributed by atoms with Crippen molar-refractivity contribution < 1.29 is 9.59 Å². The zero-order valence-corrected chi connectivity index (χ0v) is 13.7. The molecule has 1 saturated carbocycles. The maximum absolute atomic E-state index is 12.0. The summed E-state index contributed by atoms with van der Waals surface area (Å²) in [7, 11) is 0. The number of hydrogen-bond acceptors (Lipinski definition) is 3. The fourth-order valence-corrected chi connectivity index (χ4v) is 2.47. The largest absolute Gasteiger partial charge is 0.356 e. The average molecular weight is 297 g/mol. The fraction of sp³-hybridized carbons (Fsp3) is 0.875. The molecular formula is C16H31N3O2. The molecule has 0 aliphatic heterocycles. The number of carbonyl (C=O) groups excluding carboxylic acids is 2. The smallest absolute Gasteiger partial charge is 0.237 e. The second kappa shape index (κ2) is 9.77. The maximum atomic E-state index is 12.0. The summed E-state index contributed by atoms with van der Waals surface area (Å²) in [4.78, 5) is 23.6. The van der Waals surface area contributed by atoms with Gasteiger partial charge in [-0.15, -0.1) is 0 Å². The number of rotatable bonds is 8. The van der Waals surface area contributed by atoms with Crippen LogP contribution in [0.15, 0.2) is 0 Å². The van der Waals surface area contributed by atoms with Crippen molar-refractivity contribution in [3.63, 3.8) is 0 Å². The molecule has 0 aromatic carbocycles. The van der Waals surface area contributed by atoms with Gasteiger partial charge in [-0.3, -0.25) is 9.59 Å². The Kier molecular flexibility index (Phi) is 8.35. The predicted molar refractivity (Wildman–Crippen MR) is 84.9 cm³/mol. The van der Waals surface area contributed by atoms with E-state index < -0.39 is 0 Å². The van der Waals surface area contributed by atoms with Crippen LogP contribution in [-0.4, -0.2) is 37.0 Å². The van der Waals surface area contributed by atoms with Gasteiger partial charge in [-0.25, -0.2) is 0 Å². The lowest BCUT2D eigenvalue weighted by atomic mass is 9.95. The topological polar surface area (TPSA) is 70.2 Å². The summed E-state index contributed by atoms with van der Waals surface area (Å²) in [5.41, 5.74) is 0. The van der Waals surface area contributed by atoms with Crippen molar-refractivity contribution in [3.05, 3.63) is 0 Å². The van der Waals surface area contributed by atoms with Gasteiger partial charge in [-0.1, -0.05) is 33.1 Å². The van der Waals surface area contributed by atoms with Gasteiger partial charge in [-0.05, 0) is 25.7 Å². The molecule has 122 valence electrons. The van der Waals surface area contributed by atoms with Crippen LogP contribution in [0.3, 0.4) is 0 Å². The first-order chi connectivity index (χ1) is 9.99. The minimum absolute atomic E-state index is 0.0380. The molecule has 0 aromatic rings. The van der Waals surface area contributed by atoms with Crippen LogP contribution >= 0.6 is 0 Å². The number of carbonyl (C=O) groups is 2. The van der Waals surface area contributed by atoms with Gasteiger partial charge < -0.3 is 16.0 Å². The summed E-state index contributed by atoms with van der Waals surface area (Å²) in [6, 6.07) is 0.0923. The summed E-state index contributed by atoms with van der Waals surface area (Å²) in [6.45, 7) is 7.22. The van der Waals surface area contributed by atoms with Gasteiger partial charge in [0.15, 0.2) is 0 Å². The first kappa shape index (κ1) is 18.0. The highest BCUT2D eigenvalue weighted by molar-refractivity contribution is 5.81. The highest BCUT2D eigenvalue weighted by atomic mass is 16.2. The Labute approximate surface area is 128 Å². The zero-order valence-electron chi connectivity index (χ0n) is 13.7. The predicted octanol–water partition coefficient (Wildman–Crippen LogP) is 1.58. The molecule has 1 fully saturated rings. The van der Waals surface area contributed by atoms with E-state index >= 15 is 0 Å². The number of hydrogen-bond donors (Lipinski definition) is 3. The van der Waals surface area contributed by atoms with Crippen LogP contribution in [0.1, 0.15) is 59.3 Å². The molecule has 0 spiro atoms. The van der Waals surface area contributed by atoms with E-state index in [-0.39, 0.29) is 17.9 Å². The monoisotopic (exact) mass is 297 g/mol. The minimum atomic E-state index is -0.246. The molecule has 5 heteroatoms. The zero-order chi connectivity index (χ0) is 15.7. The Morgan fingerprint density at radius 3 is 2.38 bits per heavy atom. The molecule has 1 aliphatic carbocycles. The molecule has 0 aromatic heterocycles. The average Bonchev–Trinajstić information content (AvgIpc) is 2.46. The van der Waals surface area contributed by atoms with Crippen molar-refractivity contribution in [2.75, 3.05) is 13.1 Å². The quantitative estimate of drug-likeness (QED) is 0.637. The number of amides is 2. The van der Waals surface area contributed by atoms with E-state index in [0.29, 0.717) is 31.5 Å². The van der Waals surface area contributed by atoms with Crippen LogP contribution in [0.5, 0.6) is 0 Å². The summed E-state index contributed by atoms with van der Waals surface area (Å²) >= 11 is 0. The molecule has 1 atom stereocenters. The molecule has 1 unspecified atom stereocenters. The van der Waals surface area contributed by atoms with E-state index in [4.69, 9.17) is 0 Å². The normalized spacial score (nSPS) is 17.5. The first-order valence-electron chi connectivity index (χ1n) is 8.29. The Morgan fingerprint density at radius 2 is 1.76 bits per heavy atom. The van der Waals surface area contributed by atoms with Crippen LogP contribution in [-0.2, 0) is 9.59 Å². The van der Waals surface area contributed by atoms with Gasteiger partial charge in [0.1, 0.15) is 0 Å². The molecule has 5 nitrogen and oxygen atoms in total. The molecule has 1 rings (SSSR count). The summed E-state index contributed by atoms with van der Waals surface area (Å²) < 4.78 is 0. The van der Waals surface area contributed by atoms with E-state index in [1.165, 1.54) is 19.3 Å². The number of nitrogens with one attached hydrogen (secondary N) is 3. The van der Waals surface area contributed by atoms with E-state index in [9.17, 15) is 9.59 Å². The van der Waals surface area contributed by atoms with Gasteiger partial charge in [0, 0.05) is 25.6 Å². The molecule has 0 heterocycles. The van der Waals surface area contributed by atoms with Crippen LogP contribution in [0.25, 0.3) is 0 Å². The van der Waals surface area contributed by atoms with E-state index in [2.05, 4.69) is 29.8 Å². The van der Waals surface area contributed by atoms with Gasteiger partial charge in [-0.2, -0.15) is 0 Å². The molecule has 21 heavy (non-hydrogen) atoms. The van der Waals surface area contributed by atoms with Crippen molar-refractivity contribution in [2.24, 2.45) is 5.92 Å². The second-order valence-electron chi connectivity index (χ2n) is 6.47. The standard InChI is InChI=1S/C16H31N3O2/c1-12(2)11-18-15(20)9-10-17-13(3)16(21)19-14-7-5-4-6-8-14/h12-14,17H,4-11H2,1-3H3,(H,18,20)(H,19,21). The Bertz CT molecular complexity index is 325. The lowest BCUT2D eigenvalue weighted by molar-refractivity contribution is -0.124. The van der Waals surface area contributed by atoms with Crippen LogP contribution in [0.4, 0.5) is 0 Å². The SMILES string of the molecule is CC(C)CNC(=O)CCNC(C)C(=O)NC1CCCCC1. The Morgan fingerprint density at radius 1 is 1.10 bits per heavy atom. The van der Waals surface area contributed by atoms with Gasteiger partial charge in [0.25, 0.3) is 0 Å². The molecule has 0 radical (unpaired) electrons. The molecule has 1 aliphatic rings. The molecular weight excluding hydrogens is 266 g/mol. The summed E-state index contributed by atoms with van der Waals surface area (Å²) in [6.07, 6.45) is 6.30. The van der Waals surface area contributed by atoms with E-state index in [1.54, 1.807) is 0 Å². The second-order valence-corrected chi connectivity index (χ2v) is 6.47. The molecule has 2 amide bonds. The third-order valence-corrected chi connectivity index (χ3v) is 3.85. The van der Waals surface area contributed by atoms with Gasteiger partial charge >= 0.3 is 0 Å². The fourth-order valence-electron chi connectivity index (χ4n) is 2.47. The summed E-state index contributed by atoms with van der Waals surface area (Å²) in [5.74, 6) is 0.544. The van der Waals surface area contributed by atoms with Crippen molar-refractivity contribution in [1.29, 1.82) is 0 Å². The van der Waals surface area contributed by atoms with Gasteiger partial charge in [0.05, 0.1) is 6.04 Å². The van der Waals surface area contributed by atoms with E-state index in [1.807, 2.05) is 6.92 Å². The Hall–Kier alpha value is -1.10. The summed E-state index contributed by atoms with van der Waals surface area (Å²) in [5, 5.41) is 9.08. The highest BCUT2D eigenvalue weighted by Gasteiger charge is 2.19. The van der Waals surface area contributed by atoms with Crippen molar-refractivity contribution >= 4 is 11.8 Å². The molecule has 0 saturated heterocycles. The third kappa shape index (κ3) is 8.05. The first-order valence-corrected chi connectivity index (χ1v) is 8.29. The molecule has 3 N–H and O–H groups in total. The maximum Gasteiger partial charge on any atom is 0.237 e. The van der Waals surface area contributed by atoms with Crippen LogP contribution in [0.2, 0.25) is 0 Å². The van der Waals surface area contributed by atoms with E-state index in [0.717, 1.165) is 12.8 Å². The minimum Gasteiger partial charge on any atom is -0.356 e.